The van der Waals surface area contributed by atoms with E-state index in [0.717, 1.165) is 6.42 Å². The second kappa shape index (κ2) is 4.94. The van der Waals surface area contributed by atoms with E-state index in [2.05, 4.69) is 37.0 Å². The molecule has 1 aromatic rings. The Morgan fingerprint density at radius 2 is 2.07 bits per heavy atom. The first kappa shape index (κ1) is 11.0. The van der Waals surface area contributed by atoms with Gasteiger partial charge in [-0.25, -0.2) is 0 Å². The van der Waals surface area contributed by atoms with E-state index in [4.69, 9.17) is 0 Å². The van der Waals surface area contributed by atoms with Crippen LogP contribution in [0.4, 0.5) is 0 Å². The third-order valence-corrected chi connectivity index (χ3v) is 2.26. The molecule has 1 unspecified atom stereocenters. The van der Waals surface area contributed by atoms with Crippen molar-refractivity contribution in [2.75, 3.05) is 0 Å². The fourth-order valence-electron chi connectivity index (χ4n) is 1.58. The molecule has 0 spiro atoms. The summed E-state index contributed by atoms with van der Waals surface area (Å²) in [4.78, 5) is 4.42. The van der Waals surface area contributed by atoms with Gasteiger partial charge in [-0.15, -0.1) is 0 Å². The molecule has 1 heteroatoms. The van der Waals surface area contributed by atoms with Crippen LogP contribution in [-0.2, 0) is 6.42 Å². The normalized spacial score (nSPS) is 18.1. The third-order valence-electron chi connectivity index (χ3n) is 2.26. The highest BCUT2D eigenvalue weighted by Gasteiger charge is 2.10. The molecule has 1 aliphatic carbocycles. The Bertz CT molecular complexity index is 326. The molecular formula is C13H19N. The number of aryl methyl sites for hydroxylation is 1. The Morgan fingerprint density at radius 1 is 1.36 bits per heavy atom. The van der Waals surface area contributed by atoms with Crippen molar-refractivity contribution in [3.05, 3.63) is 35.2 Å². The second-order valence-electron chi connectivity index (χ2n) is 3.59. The molecule has 1 aliphatic rings. The van der Waals surface area contributed by atoms with Gasteiger partial charge in [0.05, 0.1) is 0 Å². The van der Waals surface area contributed by atoms with Crippen LogP contribution >= 0.6 is 0 Å². The molecular weight excluding hydrogens is 170 g/mol. The second-order valence-corrected chi connectivity index (χ2v) is 3.59. The quantitative estimate of drug-likeness (QED) is 0.607. The van der Waals surface area contributed by atoms with Crippen molar-refractivity contribution in [1.82, 2.24) is 4.98 Å². The predicted molar refractivity (Wildman–Crippen MR) is 62.2 cm³/mol. The van der Waals surface area contributed by atoms with Crippen LogP contribution < -0.4 is 0 Å². The van der Waals surface area contributed by atoms with Crippen molar-refractivity contribution in [3.8, 4) is 0 Å². The van der Waals surface area contributed by atoms with Crippen molar-refractivity contribution in [3.63, 3.8) is 0 Å². The van der Waals surface area contributed by atoms with Gasteiger partial charge in [-0.1, -0.05) is 32.9 Å². The number of aromatic nitrogens is 1. The average molecular weight is 189 g/mol. The minimum Gasteiger partial charge on any atom is -0.260 e. The molecule has 76 valence electrons. The summed E-state index contributed by atoms with van der Waals surface area (Å²) >= 11 is 0. The van der Waals surface area contributed by atoms with Crippen LogP contribution in [0.1, 0.15) is 37.6 Å². The van der Waals surface area contributed by atoms with Crippen LogP contribution in [0.15, 0.2) is 18.3 Å². The zero-order valence-corrected chi connectivity index (χ0v) is 9.54. The molecule has 0 aromatic carbocycles. The minimum absolute atomic E-state index is 0.646. The lowest BCUT2D eigenvalue weighted by molar-refractivity contribution is 0.698. The first-order valence-corrected chi connectivity index (χ1v) is 5.39. The van der Waals surface area contributed by atoms with E-state index < -0.39 is 0 Å². The van der Waals surface area contributed by atoms with E-state index in [1.165, 1.54) is 16.8 Å². The van der Waals surface area contributed by atoms with Gasteiger partial charge in [-0.2, -0.15) is 0 Å². The van der Waals surface area contributed by atoms with Gasteiger partial charge < -0.3 is 0 Å². The summed E-state index contributed by atoms with van der Waals surface area (Å²) in [5.41, 5.74) is 3.79. The minimum atomic E-state index is 0.646. The summed E-state index contributed by atoms with van der Waals surface area (Å²) in [6.45, 7) is 8.31. The Morgan fingerprint density at radius 3 is 2.79 bits per heavy atom. The van der Waals surface area contributed by atoms with Gasteiger partial charge >= 0.3 is 0 Å². The molecule has 1 aromatic heterocycles. The number of fused-ring (bicyclic) bond motifs is 1. The molecule has 0 fully saturated rings. The van der Waals surface area contributed by atoms with Gasteiger partial charge in [0, 0.05) is 11.9 Å². The molecule has 1 nitrogen and oxygen atoms in total. The van der Waals surface area contributed by atoms with E-state index in [9.17, 15) is 0 Å². The van der Waals surface area contributed by atoms with E-state index in [-0.39, 0.29) is 0 Å². The van der Waals surface area contributed by atoms with E-state index in [1.807, 2.05) is 20.0 Å². The molecule has 2 rings (SSSR count). The number of hydrogen-bond donors (Lipinski definition) is 0. The Labute approximate surface area is 86.9 Å². The molecule has 1 atom stereocenters. The molecule has 0 saturated carbocycles. The van der Waals surface area contributed by atoms with E-state index in [1.54, 1.807) is 0 Å². The van der Waals surface area contributed by atoms with Gasteiger partial charge in [0.15, 0.2) is 0 Å². The van der Waals surface area contributed by atoms with Crippen molar-refractivity contribution < 1.29 is 0 Å². The first-order valence-electron chi connectivity index (χ1n) is 5.39. The monoisotopic (exact) mass is 189 g/mol. The van der Waals surface area contributed by atoms with Gasteiger partial charge in [0.2, 0.25) is 0 Å². The lowest BCUT2D eigenvalue weighted by Crippen LogP contribution is -2.05. The highest BCUT2D eigenvalue weighted by molar-refractivity contribution is 5.55. The lowest BCUT2D eigenvalue weighted by atomic mass is 9.94. The summed E-state index contributed by atoms with van der Waals surface area (Å²) in [5.74, 6) is 0.646. The van der Waals surface area contributed by atoms with Crippen LogP contribution in [0.25, 0.3) is 6.08 Å². The van der Waals surface area contributed by atoms with Gasteiger partial charge in [0.1, 0.15) is 0 Å². The van der Waals surface area contributed by atoms with E-state index >= 15 is 0 Å². The zero-order chi connectivity index (χ0) is 10.6. The highest BCUT2D eigenvalue weighted by atomic mass is 14.7. The average Bonchev–Trinajstić information content (AvgIpc) is 2.21. The molecule has 0 saturated heterocycles. The molecule has 0 aliphatic heterocycles. The number of rotatable bonds is 0. The smallest absolute Gasteiger partial charge is 0.0481 e. The Balaban J connectivity index is 0.000000461. The molecule has 0 bridgehead atoms. The SMILES string of the molecule is CC.Cc1cnc2c(c1)C=CC(C)C2. The topological polar surface area (TPSA) is 12.9 Å². The maximum atomic E-state index is 4.42. The maximum absolute atomic E-state index is 4.42. The number of allylic oxidation sites excluding steroid dienone is 1. The van der Waals surface area contributed by atoms with E-state index in [0.29, 0.717) is 5.92 Å². The standard InChI is InChI=1S/C11H13N.C2H6/c1-8-3-4-10-5-9(2)7-12-11(10)6-8;1-2/h3-5,7-8H,6H2,1-2H3;1-2H3. The van der Waals surface area contributed by atoms with Crippen molar-refractivity contribution >= 4 is 6.08 Å². The summed E-state index contributed by atoms with van der Waals surface area (Å²) in [5, 5.41) is 0. The summed E-state index contributed by atoms with van der Waals surface area (Å²) in [6, 6.07) is 2.20. The largest absolute Gasteiger partial charge is 0.260 e. The van der Waals surface area contributed by atoms with Crippen molar-refractivity contribution in [1.29, 1.82) is 0 Å². The Hall–Kier alpha value is -1.11. The fourth-order valence-corrected chi connectivity index (χ4v) is 1.58. The Kier molecular flexibility index (Phi) is 3.87. The van der Waals surface area contributed by atoms with Crippen LogP contribution in [0, 0.1) is 12.8 Å². The van der Waals surface area contributed by atoms with Crippen LogP contribution in [0.2, 0.25) is 0 Å². The van der Waals surface area contributed by atoms with Gasteiger partial charge in [0.25, 0.3) is 0 Å². The predicted octanol–water partition coefficient (Wildman–Crippen LogP) is 3.62. The number of hydrogen-bond acceptors (Lipinski definition) is 1. The van der Waals surface area contributed by atoms with Gasteiger partial charge in [-0.3, -0.25) is 4.98 Å². The molecule has 0 radical (unpaired) electrons. The molecule has 1 heterocycles. The number of nitrogens with zero attached hydrogens (tertiary/aromatic N) is 1. The van der Waals surface area contributed by atoms with Crippen LogP contribution in [-0.4, -0.2) is 4.98 Å². The maximum Gasteiger partial charge on any atom is 0.0481 e. The summed E-state index contributed by atoms with van der Waals surface area (Å²) in [7, 11) is 0. The van der Waals surface area contributed by atoms with Crippen molar-refractivity contribution in [2.24, 2.45) is 5.92 Å². The molecule has 14 heavy (non-hydrogen) atoms. The summed E-state index contributed by atoms with van der Waals surface area (Å²) in [6.07, 6.45) is 7.48. The molecule has 0 amide bonds. The van der Waals surface area contributed by atoms with Gasteiger partial charge in [-0.05, 0) is 36.5 Å². The highest BCUT2D eigenvalue weighted by Crippen LogP contribution is 2.21. The zero-order valence-electron chi connectivity index (χ0n) is 9.54. The van der Waals surface area contributed by atoms with Crippen LogP contribution in [0.5, 0.6) is 0 Å². The van der Waals surface area contributed by atoms with Crippen molar-refractivity contribution in [2.45, 2.75) is 34.1 Å². The first-order chi connectivity index (χ1) is 6.75. The summed E-state index contributed by atoms with van der Waals surface area (Å²) < 4.78 is 0. The lowest BCUT2D eigenvalue weighted by Gasteiger charge is -2.14. The molecule has 0 N–H and O–H groups in total. The fraction of sp³-hybridized carbons (Fsp3) is 0.462. The number of pyridine rings is 1. The third kappa shape index (κ3) is 2.44. The van der Waals surface area contributed by atoms with Crippen LogP contribution in [0.3, 0.4) is 0 Å².